The van der Waals surface area contributed by atoms with E-state index in [-0.39, 0.29) is 0 Å². The maximum atomic E-state index is 6.02. The molecule has 2 aromatic rings. The molecule has 0 radical (unpaired) electrons. The van der Waals surface area contributed by atoms with Crippen LogP contribution in [0.25, 0.3) is 0 Å². The van der Waals surface area contributed by atoms with Crippen LogP contribution in [0.1, 0.15) is 24.8 Å². The average Bonchev–Trinajstić information content (AvgIpc) is 2.48. The molecule has 0 saturated carbocycles. The first-order valence-corrected chi connectivity index (χ1v) is 7.61. The summed E-state index contributed by atoms with van der Waals surface area (Å²) in [5.41, 5.74) is 1.24. The second-order valence-corrected chi connectivity index (χ2v) is 6.02. The fourth-order valence-electron chi connectivity index (χ4n) is 2.22. The summed E-state index contributed by atoms with van der Waals surface area (Å²) >= 11 is 5.91. The van der Waals surface area contributed by atoms with Crippen molar-refractivity contribution in [1.82, 2.24) is 4.90 Å². The maximum absolute atomic E-state index is 6.02. The van der Waals surface area contributed by atoms with Gasteiger partial charge in [0, 0.05) is 5.02 Å². The molecule has 3 heteroatoms. The largest absolute Gasteiger partial charge is 0.457 e. The molecule has 1 unspecified atom stereocenters. The highest BCUT2D eigenvalue weighted by molar-refractivity contribution is 6.30. The summed E-state index contributed by atoms with van der Waals surface area (Å²) in [6.45, 7) is 3.31. The Bertz CT molecular complexity index is 566. The summed E-state index contributed by atoms with van der Waals surface area (Å²) in [5, 5.41) is 0.718. The van der Waals surface area contributed by atoms with Gasteiger partial charge in [-0.25, -0.2) is 0 Å². The second-order valence-electron chi connectivity index (χ2n) is 5.59. The van der Waals surface area contributed by atoms with E-state index >= 15 is 0 Å². The Morgan fingerprint density at radius 1 is 1.05 bits per heavy atom. The summed E-state index contributed by atoms with van der Waals surface area (Å²) in [7, 11) is 4.20. The third-order valence-corrected chi connectivity index (χ3v) is 3.75. The highest BCUT2D eigenvalue weighted by Crippen LogP contribution is 2.32. The zero-order valence-corrected chi connectivity index (χ0v) is 13.6. The van der Waals surface area contributed by atoms with Crippen LogP contribution in [0.5, 0.6) is 11.5 Å². The van der Waals surface area contributed by atoms with Crippen molar-refractivity contribution in [2.24, 2.45) is 0 Å². The van der Waals surface area contributed by atoms with E-state index in [0.717, 1.165) is 29.5 Å². The Hall–Kier alpha value is -1.51. The van der Waals surface area contributed by atoms with Gasteiger partial charge in [0.2, 0.25) is 0 Å². The lowest BCUT2D eigenvalue weighted by atomic mass is 9.96. The van der Waals surface area contributed by atoms with Crippen LogP contribution in [0.4, 0.5) is 0 Å². The van der Waals surface area contributed by atoms with E-state index in [4.69, 9.17) is 16.3 Å². The van der Waals surface area contributed by atoms with Crippen LogP contribution < -0.4 is 4.74 Å². The SMILES string of the molecule is CC(CCN(C)C)c1ccccc1Oc1ccc(Cl)cc1. The summed E-state index contributed by atoms with van der Waals surface area (Å²) in [4.78, 5) is 2.21. The zero-order valence-electron chi connectivity index (χ0n) is 12.8. The number of ether oxygens (including phenoxy) is 1. The molecule has 2 aromatic carbocycles. The van der Waals surface area contributed by atoms with Gasteiger partial charge < -0.3 is 9.64 Å². The molecule has 0 spiro atoms. The number of hydrogen-bond acceptors (Lipinski definition) is 2. The van der Waals surface area contributed by atoms with Gasteiger partial charge in [0.1, 0.15) is 11.5 Å². The number of rotatable bonds is 6. The average molecular weight is 304 g/mol. The molecule has 112 valence electrons. The third kappa shape index (κ3) is 4.76. The van der Waals surface area contributed by atoms with E-state index in [1.54, 1.807) is 0 Å². The molecular weight excluding hydrogens is 282 g/mol. The molecule has 0 aromatic heterocycles. The third-order valence-electron chi connectivity index (χ3n) is 3.50. The minimum Gasteiger partial charge on any atom is -0.457 e. The molecule has 0 bridgehead atoms. The van der Waals surface area contributed by atoms with Gasteiger partial charge in [0.25, 0.3) is 0 Å². The molecule has 0 N–H and O–H groups in total. The first kappa shape index (κ1) is 15.9. The van der Waals surface area contributed by atoms with Crippen molar-refractivity contribution < 1.29 is 4.74 Å². The second kappa shape index (κ2) is 7.48. The van der Waals surface area contributed by atoms with Crippen LogP contribution in [-0.2, 0) is 0 Å². The van der Waals surface area contributed by atoms with Crippen molar-refractivity contribution in [1.29, 1.82) is 0 Å². The molecule has 0 aliphatic carbocycles. The topological polar surface area (TPSA) is 12.5 Å². The fraction of sp³-hybridized carbons (Fsp3) is 0.333. The molecule has 0 aliphatic rings. The number of nitrogens with zero attached hydrogens (tertiary/aromatic N) is 1. The molecule has 0 fully saturated rings. The lowest BCUT2D eigenvalue weighted by molar-refractivity contribution is 0.382. The molecule has 1 atom stereocenters. The van der Waals surface area contributed by atoms with E-state index < -0.39 is 0 Å². The van der Waals surface area contributed by atoms with Crippen molar-refractivity contribution in [3.63, 3.8) is 0 Å². The van der Waals surface area contributed by atoms with E-state index in [9.17, 15) is 0 Å². The predicted molar refractivity (Wildman–Crippen MR) is 89.6 cm³/mol. The lowest BCUT2D eigenvalue weighted by Gasteiger charge is -2.18. The number of benzene rings is 2. The van der Waals surface area contributed by atoms with Gasteiger partial charge in [-0.05, 0) is 68.9 Å². The number of para-hydroxylation sites is 1. The first-order chi connectivity index (χ1) is 10.1. The highest BCUT2D eigenvalue weighted by Gasteiger charge is 2.12. The van der Waals surface area contributed by atoms with Gasteiger partial charge in [-0.2, -0.15) is 0 Å². The van der Waals surface area contributed by atoms with Gasteiger partial charge in [-0.1, -0.05) is 36.7 Å². The van der Waals surface area contributed by atoms with Gasteiger partial charge in [0.15, 0.2) is 0 Å². The van der Waals surface area contributed by atoms with Gasteiger partial charge in [-0.3, -0.25) is 0 Å². The molecule has 0 heterocycles. The van der Waals surface area contributed by atoms with Crippen LogP contribution in [0.15, 0.2) is 48.5 Å². The molecule has 21 heavy (non-hydrogen) atoms. The van der Waals surface area contributed by atoms with E-state index in [2.05, 4.69) is 38.1 Å². The maximum Gasteiger partial charge on any atom is 0.130 e. The van der Waals surface area contributed by atoms with Crippen LogP contribution >= 0.6 is 11.6 Å². The Morgan fingerprint density at radius 3 is 2.38 bits per heavy atom. The normalized spacial score (nSPS) is 12.4. The Morgan fingerprint density at radius 2 is 1.71 bits per heavy atom. The van der Waals surface area contributed by atoms with E-state index in [1.165, 1.54) is 5.56 Å². The fourth-order valence-corrected chi connectivity index (χ4v) is 2.34. The standard InChI is InChI=1S/C18H22ClNO/c1-14(12-13-20(2)3)17-6-4-5-7-18(17)21-16-10-8-15(19)9-11-16/h4-11,14H,12-13H2,1-3H3. The van der Waals surface area contributed by atoms with E-state index in [0.29, 0.717) is 5.92 Å². The van der Waals surface area contributed by atoms with Crippen molar-refractivity contribution in [2.75, 3.05) is 20.6 Å². The van der Waals surface area contributed by atoms with Crippen LogP contribution in [0.3, 0.4) is 0 Å². The van der Waals surface area contributed by atoms with Gasteiger partial charge in [0.05, 0.1) is 0 Å². The van der Waals surface area contributed by atoms with E-state index in [1.807, 2.05) is 36.4 Å². The number of hydrogen-bond donors (Lipinski definition) is 0. The van der Waals surface area contributed by atoms with Crippen LogP contribution in [0, 0.1) is 0 Å². The molecule has 0 saturated heterocycles. The quantitative estimate of drug-likeness (QED) is 0.728. The lowest BCUT2D eigenvalue weighted by Crippen LogP contribution is -2.15. The Labute approximate surface area is 132 Å². The number of halogens is 1. The summed E-state index contributed by atoms with van der Waals surface area (Å²) < 4.78 is 6.02. The van der Waals surface area contributed by atoms with Crippen molar-refractivity contribution in [3.05, 3.63) is 59.1 Å². The minimum absolute atomic E-state index is 0.455. The Kier molecular flexibility index (Phi) is 5.66. The van der Waals surface area contributed by atoms with Crippen molar-refractivity contribution in [3.8, 4) is 11.5 Å². The highest BCUT2D eigenvalue weighted by atomic mass is 35.5. The molecule has 0 aliphatic heterocycles. The minimum atomic E-state index is 0.455. The Balaban J connectivity index is 2.14. The molecule has 2 nitrogen and oxygen atoms in total. The molecular formula is C18H22ClNO. The van der Waals surface area contributed by atoms with Crippen LogP contribution in [-0.4, -0.2) is 25.5 Å². The van der Waals surface area contributed by atoms with Crippen molar-refractivity contribution >= 4 is 11.6 Å². The van der Waals surface area contributed by atoms with Crippen LogP contribution in [0.2, 0.25) is 5.02 Å². The monoisotopic (exact) mass is 303 g/mol. The first-order valence-electron chi connectivity index (χ1n) is 7.23. The predicted octanol–water partition coefficient (Wildman–Crippen LogP) is 5.19. The summed E-state index contributed by atoms with van der Waals surface area (Å²) in [6.07, 6.45) is 1.11. The summed E-state index contributed by atoms with van der Waals surface area (Å²) in [6, 6.07) is 15.7. The van der Waals surface area contributed by atoms with Gasteiger partial charge >= 0.3 is 0 Å². The molecule has 2 rings (SSSR count). The molecule has 0 amide bonds. The summed E-state index contributed by atoms with van der Waals surface area (Å²) in [5.74, 6) is 2.19. The van der Waals surface area contributed by atoms with Crippen molar-refractivity contribution in [2.45, 2.75) is 19.3 Å². The zero-order chi connectivity index (χ0) is 15.2. The van der Waals surface area contributed by atoms with Gasteiger partial charge in [-0.15, -0.1) is 0 Å². The smallest absolute Gasteiger partial charge is 0.130 e.